The Morgan fingerprint density at radius 1 is 1.20 bits per heavy atom. The lowest BCUT2D eigenvalue weighted by Crippen LogP contribution is -2.45. The Morgan fingerprint density at radius 3 is 2.67 bits per heavy atom. The van der Waals surface area contributed by atoms with Crippen molar-refractivity contribution < 1.29 is 9.53 Å². The number of hydrogen-bond acceptors (Lipinski definition) is 5. The van der Waals surface area contributed by atoms with Crippen LogP contribution in [0, 0.1) is 25.2 Å². The lowest BCUT2D eigenvalue weighted by atomic mass is 9.69. The number of H-pyrrole nitrogens is 1. The molecule has 1 spiro atoms. The van der Waals surface area contributed by atoms with Crippen molar-refractivity contribution in [1.29, 1.82) is 5.26 Å². The molecule has 5 rings (SSSR count). The zero-order chi connectivity index (χ0) is 21.0. The second kappa shape index (κ2) is 6.22. The Bertz CT molecular complexity index is 1270. The summed E-state index contributed by atoms with van der Waals surface area (Å²) in [5, 5.41) is 17.1. The van der Waals surface area contributed by atoms with Gasteiger partial charge in [-0.05, 0) is 25.5 Å². The monoisotopic (exact) mass is 397 g/mol. The van der Waals surface area contributed by atoms with Crippen LogP contribution in [0.2, 0.25) is 0 Å². The third kappa shape index (κ3) is 2.19. The number of carbonyl (C=O) groups excluding carboxylic acids is 1. The molecule has 2 aliphatic rings. The maximum Gasteiger partial charge on any atom is 0.248 e. The SMILES string of the molecule is Cc1ccc(CN2C(=O)C3(C(C#N)=C(N)Oc4n[nH]c(C)c43)c3ccccc32)cc1. The average Bonchev–Trinajstić information content (AvgIpc) is 3.22. The molecule has 30 heavy (non-hydrogen) atoms. The Kier molecular flexibility index (Phi) is 3.74. The maximum absolute atomic E-state index is 14.1. The van der Waals surface area contributed by atoms with Crippen molar-refractivity contribution in [3.05, 3.63) is 87.9 Å². The average molecular weight is 397 g/mol. The van der Waals surface area contributed by atoms with Crippen LogP contribution in [0.15, 0.2) is 60.0 Å². The van der Waals surface area contributed by atoms with Crippen LogP contribution in [0.3, 0.4) is 0 Å². The number of aromatic nitrogens is 2. The van der Waals surface area contributed by atoms with E-state index in [1.165, 1.54) is 0 Å². The van der Waals surface area contributed by atoms with Crippen LogP contribution in [0.25, 0.3) is 0 Å². The molecular formula is C23H19N5O2. The molecule has 1 atom stereocenters. The highest BCUT2D eigenvalue weighted by Gasteiger charge is 2.60. The molecule has 7 nitrogen and oxygen atoms in total. The number of anilines is 1. The van der Waals surface area contributed by atoms with Crippen LogP contribution in [0.4, 0.5) is 5.69 Å². The number of nitrogens with two attached hydrogens (primary N) is 1. The Hall–Kier alpha value is -4.05. The van der Waals surface area contributed by atoms with E-state index in [1.807, 2.05) is 62.4 Å². The molecule has 0 fully saturated rings. The van der Waals surface area contributed by atoms with E-state index in [-0.39, 0.29) is 23.2 Å². The molecular weight excluding hydrogens is 378 g/mol. The van der Waals surface area contributed by atoms with Gasteiger partial charge in [-0.15, -0.1) is 5.10 Å². The summed E-state index contributed by atoms with van der Waals surface area (Å²) < 4.78 is 5.59. The standard InChI is InChI=1S/C23H19N5O2/c1-13-7-9-15(10-8-13)12-28-18-6-4-3-5-16(18)23(22(28)29)17(11-24)20(25)30-21-19(23)14(2)26-27-21/h3-10H,12,25H2,1-2H3,(H,26,27). The summed E-state index contributed by atoms with van der Waals surface area (Å²) in [6.07, 6.45) is 0. The second-order valence-electron chi connectivity index (χ2n) is 7.63. The van der Waals surface area contributed by atoms with Gasteiger partial charge in [0.05, 0.1) is 12.1 Å². The first kappa shape index (κ1) is 18.0. The number of ether oxygens (including phenoxy) is 1. The van der Waals surface area contributed by atoms with Gasteiger partial charge >= 0.3 is 0 Å². The summed E-state index contributed by atoms with van der Waals surface area (Å²) in [6.45, 7) is 4.21. The van der Waals surface area contributed by atoms with Crippen LogP contribution >= 0.6 is 0 Å². The third-order valence-corrected chi connectivity index (χ3v) is 5.85. The predicted octanol–water partition coefficient (Wildman–Crippen LogP) is 2.95. The number of nitrogens with one attached hydrogen (secondary N) is 1. The zero-order valence-corrected chi connectivity index (χ0v) is 16.6. The minimum absolute atomic E-state index is 0.0864. The number of aromatic amines is 1. The van der Waals surface area contributed by atoms with E-state index in [1.54, 1.807) is 4.90 Å². The number of nitriles is 1. The molecule has 3 aromatic rings. The van der Waals surface area contributed by atoms with E-state index in [0.717, 1.165) is 16.8 Å². The van der Waals surface area contributed by atoms with E-state index in [0.29, 0.717) is 23.4 Å². The van der Waals surface area contributed by atoms with E-state index >= 15 is 0 Å². The van der Waals surface area contributed by atoms with Crippen molar-refractivity contribution in [3.63, 3.8) is 0 Å². The molecule has 0 bridgehead atoms. The topological polar surface area (TPSA) is 108 Å². The maximum atomic E-state index is 14.1. The Balaban J connectivity index is 1.77. The summed E-state index contributed by atoms with van der Waals surface area (Å²) in [4.78, 5) is 15.8. The van der Waals surface area contributed by atoms with Gasteiger partial charge in [0.25, 0.3) is 0 Å². The third-order valence-electron chi connectivity index (χ3n) is 5.85. The molecule has 1 amide bonds. The van der Waals surface area contributed by atoms with E-state index < -0.39 is 5.41 Å². The van der Waals surface area contributed by atoms with Crippen LogP contribution < -0.4 is 15.4 Å². The first-order valence-corrected chi connectivity index (χ1v) is 9.59. The van der Waals surface area contributed by atoms with E-state index in [2.05, 4.69) is 16.3 Å². The van der Waals surface area contributed by atoms with Gasteiger partial charge in [0, 0.05) is 16.9 Å². The summed E-state index contributed by atoms with van der Waals surface area (Å²) in [7, 11) is 0. The van der Waals surface area contributed by atoms with E-state index in [4.69, 9.17) is 10.5 Å². The molecule has 148 valence electrons. The van der Waals surface area contributed by atoms with Gasteiger partial charge in [0.1, 0.15) is 17.1 Å². The van der Waals surface area contributed by atoms with Crippen molar-refractivity contribution in [2.24, 2.45) is 5.73 Å². The first-order valence-electron chi connectivity index (χ1n) is 9.59. The summed E-state index contributed by atoms with van der Waals surface area (Å²) in [5.41, 5.74) is 9.60. The van der Waals surface area contributed by atoms with Crippen molar-refractivity contribution in [2.75, 3.05) is 4.90 Å². The van der Waals surface area contributed by atoms with Gasteiger partial charge < -0.3 is 15.4 Å². The fourth-order valence-electron chi connectivity index (χ4n) is 4.50. The van der Waals surface area contributed by atoms with Crippen LogP contribution in [0.1, 0.15) is 27.9 Å². The molecule has 0 saturated heterocycles. The molecule has 1 aromatic heterocycles. The molecule has 7 heteroatoms. The first-order chi connectivity index (χ1) is 14.5. The molecule has 0 radical (unpaired) electrons. The van der Waals surface area contributed by atoms with Crippen molar-refractivity contribution in [1.82, 2.24) is 10.2 Å². The number of fused-ring (bicyclic) bond motifs is 4. The number of hydrogen-bond donors (Lipinski definition) is 2. The van der Waals surface area contributed by atoms with E-state index in [9.17, 15) is 10.1 Å². The van der Waals surface area contributed by atoms with Gasteiger partial charge in [-0.25, -0.2) is 0 Å². The molecule has 2 aromatic carbocycles. The number of aryl methyl sites for hydroxylation is 2. The van der Waals surface area contributed by atoms with Crippen molar-refractivity contribution in [3.8, 4) is 11.9 Å². The lowest BCUT2D eigenvalue weighted by Gasteiger charge is -2.32. The summed E-state index contributed by atoms with van der Waals surface area (Å²) in [6, 6.07) is 17.7. The fourth-order valence-corrected chi connectivity index (χ4v) is 4.50. The number of carbonyl (C=O) groups is 1. The fraction of sp³-hybridized carbons (Fsp3) is 0.174. The van der Waals surface area contributed by atoms with Crippen LogP contribution in [-0.2, 0) is 16.8 Å². The highest BCUT2D eigenvalue weighted by atomic mass is 16.5. The minimum atomic E-state index is -1.38. The molecule has 3 heterocycles. The van der Waals surface area contributed by atoms with Gasteiger partial charge in [-0.3, -0.25) is 9.89 Å². The summed E-state index contributed by atoms with van der Waals surface area (Å²) >= 11 is 0. The van der Waals surface area contributed by atoms with Gasteiger partial charge in [0.15, 0.2) is 0 Å². The molecule has 3 N–H and O–H groups in total. The highest BCUT2D eigenvalue weighted by molar-refractivity contribution is 6.14. The Morgan fingerprint density at radius 2 is 1.93 bits per heavy atom. The molecule has 2 aliphatic heterocycles. The van der Waals surface area contributed by atoms with Gasteiger partial charge in [0.2, 0.25) is 17.7 Å². The van der Waals surface area contributed by atoms with Crippen LogP contribution in [0.5, 0.6) is 5.88 Å². The lowest BCUT2D eigenvalue weighted by molar-refractivity contribution is -0.121. The quantitative estimate of drug-likeness (QED) is 0.691. The highest BCUT2D eigenvalue weighted by Crippen LogP contribution is 2.55. The van der Waals surface area contributed by atoms with Crippen LogP contribution in [-0.4, -0.2) is 16.1 Å². The normalized spacial score (nSPS) is 19.5. The van der Waals surface area contributed by atoms with Gasteiger partial charge in [-0.1, -0.05) is 48.0 Å². The molecule has 0 aliphatic carbocycles. The van der Waals surface area contributed by atoms with Crippen molar-refractivity contribution >= 4 is 11.6 Å². The summed E-state index contributed by atoms with van der Waals surface area (Å²) in [5.74, 6) is -0.112. The molecule has 0 saturated carbocycles. The Labute approximate surface area is 173 Å². The minimum Gasteiger partial charge on any atom is -0.420 e. The number of nitrogens with zero attached hydrogens (tertiary/aromatic N) is 3. The predicted molar refractivity (Wildman–Crippen MR) is 110 cm³/mol. The smallest absolute Gasteiger partial charge is 0.248 e. The van der Waals surface area contributed by atoms with Gasteiger partial charge in [-0.2, -0.15) is 5.26 Å². The zero-order valence-electron chi connectivity index (χ0n) is 16.6. The van der Waals surface area contributed by atoms with Crippen molar-refractivity contribution in [2.45, 2.75) is 25.8 Å². The second-order valence-corrected chi connectivity index (χ2v) is 7.63. The number of amides is 1. The number of rotatable bonds is 2. The molecule has 1 unspecified atom stereocenters. The number of para-hydroxylation sites is 1. The number of benzene rings is 2. The largest absolute Gasteiger partial charge is 0.420 e.